The van der Waals surface area contributed by atoms with E-state index in [2.05, 4.69) is 15.9 Å². The highest BCUT2D eigenvalue weighted by Crippen LogP contribution is 2.23. The number of halogens is 1. The Morgan fingerprint density at radius 2 is 1.71 bits per heavy atom. The summed E-state index contributed by atoms with van der Waals surface area (Å²) in [5.41, 5.74) is -1.49. The van der Waals surface area contributed by atoms with Crippen LogP contribution in [-0.2, 0) is 24.2 Å². The van der Waals surface area contributed by atoms with Crippen LogP contribution in [0, 0.1) is 5.41 Å². The Morgan fingerprint density at radius 1 is 1.19 bits per heavy atom. The SMILES string of the molecule is CCOC(=O)C(C)(C)C(=O)CS(=O)(=O)c1ccc(Br)cc1. The van der Waals surface area contributed by atoms with Crippen molar-refractivity contribution in [2.45, 2.75) is 25.7 Å². The van der Waals surface area contributed by atoms with E-state index in [4.69, 9.17) is 4.74 Å². The van der Waals surface area contributed by atoms with E-state index >= 15 is 0 Å². The molecular weight excluding hydrogens is 360 g/mol. The van der Waals surface area contributed by atoms with Crippen molar-refractivity contribution in [1.29, 1.82) is 0 Å². The first-order valence-electron chi connectivity index (χ1n) is 6.30. The van der Waals surface area contributed by atoms with Crippen LogP contribution in [0.4, 0.5) is 0 Å². The molecule has 7 heteroatoms. The third kappa shape index (κ3) is 4.38. The minimum atomic E-state index is -3.79. The Kier molecular flexibility index (Phi) is 5.69. The van der Waals surface area contributed by atoms with Crippen molar-refractivity contribution in [3.8, 4) is 0 Å². The molecule has 0 saturated heterocycles. The molecule has 0 aliphatic carbocycles. The van der Waals surface area contributed by atoms with Gasteiger partial charge in [-0.1, -0.05) is 15.9 Å². The highest BCUT2D eigenvalue weighted by atomic mass is 79.9. The van der Waals surface area contributed by atoms with Gasteiger partial charge in [0.05, 0.1) is 11.5 Å². The van der Waals surface area contributed by atoms with Crippen molar-refractivity contribution in [2.24, 2.45) is 5.41 Å². The smallest absolute Gasteiger partial charge is 0.319 e. The molecule has 0 amide bonds. The molecule has 1 aromatic carbocycles. The number of Topliss-reactive ketones (excluding diaryl/α,β-unsaturated/α-hetero) is 1. The average molecular weight is 377 g/mol. The molecule has 0 saturated carbocycles. The largest absolute Gasteiger partial charge is 0.465 e. The minimum absolute atomic E-state index is 0.0405. The lowest BCUT2D eigenvalue weighted by molar-refractivity contribution is -0.157. The molecule has 0 aliphatic rings. The molecule has 0 fully saturated rings. The van der Waals surface area contributed by atoms with Gasteiger partial charge in [-0.15, -0.1) is 0 Å². The molecule has 5 nitrogen and oxygen atoms in total. The Morgan fingerprint density at radius 3 is 2.19 bits per heavy atom. The molecule has 0 atom stereocenters. The number of ketones is 1. The number of esters is 1. The van der Waals surface area contributed by atoms with Gasteiger partial charge in [-0.2, -0.15) is 0 Å². The number of hydrogen-bond donors (Lipinski definition) is 0. The Hall–Kier alpha value is -1.21. The van der Waals surface area contributed by atoms with Crippen LogP contribution in [0.1, 0.15) is 20.8 Å². The highest BCUT2D eigenvalue weighted by Gasteiger charge is 2.39. The summed E-state index contributed by atoms with van der Waals surface area (Å²) in [4.78, 5) is 23.9. The van der Waals surface area contributed by atoms with Gasteiger partial charge in [0.1, 0.15) is 11.2 Å². The van der Waals surface area contributed by atoms with Crippen LogP contribution < -0.4 is 0 Å². The second-order valence-electron chi connectivity index (χ2n) is 4.98. The van der Waals surface area contributed by atoms with Crippen LogP contribution in [0.25, 0.3) is 0 Å². The van der Waals surface area contributed by atoms with E-state index in [1.165, 1.54) is 26.0 Å². The lowest BCUT2D eigenvalue weighted by Crippen LogP contribution is -2.38. The maximum Gasteiger partial charge on any atom is 0.319 e. The lowest BCUT2D eigenvalue weighted by atomic mass is 9.89. The molecular formula is C14H17BrO5S. The Bertz CT molecular complexity index is 632. The summed E-state index contributed by atoms with van der Waals surface area (Å²) in [6, 6.07) is 5.97. The zero-order valence-corrected chi connectivity index (χ0v) is 14.5. The third-order valence-corrected chi connectivity index (χ3v) is 5.14. The topological polar surface area (TPSA) is 77.5 Å². The van der Waals surface area contributed by atoms with E-state index in [0.717, 1.165) is 4.47 Å². The van der Waals surface area contributed by atoms with Gasteiger partial charge < -0.3 is 4.74 Å². The van der Waals surface area contributed by atoms with Crippen molar-refractivity contribution < 1.29 is 22.7 Å². The van der Waals surface area contributed by atoms with E-state index in [1.54, 1.807) is 19.1 Å². The van der Waals surface area contributed by atoms with E-state index < -0.39 is 32.8 Å². The van der Waals surface area contributed by atoms with Crippen LogP contribution in [-0.4, -0.2) is 32.5 Å². The fraction of sp³-hybridized carbons (Fsp3) is 0.429. The predicted molar refractivity (Wildman–Crippen MR) is 81.6 cm³/mol. The maximum atomic E-state index is 12.2. The van der Waals surface area contributed by atoms with Gasteiger partial charge in [-0.05, 0) is 45.0 Å². The van der Waals surface area contributed by atoms with E-state index in [9.17, 15) is 18.0 Å². The van der Waals surface area contributed by atoms with Crippen LogP contribution in [0.5, 0.6) is 0 Å². The van der Waals surface area contributed by atoms with Gasteiger partial charge in [-0.25, -0.2) is 8.42 Å². The first kappa shape index (κ1) is 17.8. The molecule has 116 valence electrons. The number of sulfone groups is 1. The quantitative estimate of drug-likeness (QED) is 0.562. The maximum absolute atomic E-state index is 12.2. The molecule has 0 unspecified atom stereocenters. The molecule has 1 aromatic rings. The van der Waals surface area contributed by atoms with Gasteiger partial charge in [-0.3, -0.25) is 9.59 Å². The Balaban J connectivity index is 2.96. The average Bonchev–Trinajstić information content (AvgIpc) is 2.38. The molecule has 1 rings (SSSR count). The molecule has 0 radical (unpaired) electrons. The van der Waals surface area contributed by atoms with Gasteiger partial charge >= 0.3 is 5.97 Å². The standard InChI is InChI=1S/C14H17BrO5S/c1-4-20-13(17)14(2,3)12(16)9-21(18,19)11-7-5-10(15)6-8-11/h5-8H,4,9H2,1-3H3. The summed E-state index contributed by atoms with van der Waals surface area (Å²) in [5, 5.41) is 0. The second kappa shape index (κ2) is 6.70. The Labute approximate surface area is 132 Å². The zero-order chi connectivity index (χ0) is 16.3. The van der Waals surface area contributed by atoms with E-state index in [0.29, 0.717) is 0 Å². The minimum Gasteiger partial charge on any atom is -0.465 e. The highest BCUT2D eigenvalue weighted by molar-refractivity contribution is 9.10. The van der Waals surface area contributed by atoms with Crippen molar-refractivity contribution in [2.75, 3.05) is 12.4 Å². The monoisotopic (exact) mass is 376 g/mol. The van der Waals surface area contributed by atoms with Crippen LogP contribution in [0.15, 0.2) is 33.6 Å². The van der Waals surface area contributed by atoms with E-state index in [-0.39, 0.29) is 11.5 Å². The van der Waals surface area contributed by atoms with Gasteiger partial charge in [0, 0.05) is 4.47 Å². The first-order chi connectivity index (χ1) is 9.61. The lowest BCUT2D eigenvalue weighted by Gasteiger charge is -2.20. The zero-order valence-electron chi connectivity index (χ0n) is 12.1. The second-order valence-corrected chi connectivity index (χ2v) is 7.89. The summed E-state index contributed by atoms with van der Waals surface area (Å²) in [6.45, 7) is 4.49. The molecule has 0 N–H and O–H groups in total. The third-order valence-electron chi connectivity index (χ3n) is 2.98. The molecule has 0 bridgehead atoms. The fourth-order valence-corrected chi connectivity index (χ4v) is 3.19. The van der Waals surface area contributed by atoms with Gasteiger partial charge in [0.25, 0.3) is 0 Å². The number of carbonyl (C=O) groups is 2. The first-order valence-corrected chi connectivity index (χ1v) is 8.74. The van der Waals surface area contributed by atoms with E-state index in [1.807, 2.05) is 0 Å². The van der Waals surface area contributed by atoms with Crippen molar-refractivity contribution in [1.82, 2.24) is 0 Å². The van der Waals surface area contributed by atoms with Crippen molar-refractivity contribution in [3.63, 3.8) is 0 Å². The predicted octanol–water partition coefficient (Wildman–Crippen LogP) is 2.38. The van der Waals surface area contributed by atoms with Crippen LogP contribution >= 0.6 is 15.9 Å². The molecule has 0 aromatic heterocycles. The summed E-state index contributed by atoms with van der Waals surface area (Å²) in [6.07, 6.45) is 0. The molecule has 0 heterocycles. The summed E-state index contributed by atoms with van der Waals surface area (Å²) in [7, 11) is -3.79. The molecule has 21 heavy (non-hydrogen) atoms. The van der Waals surface area contributed by atoms with Gasteiger partial charge in [0.2, 0.25) is 0 Å². The van der Waals surface area contributed by atoms with Crippen molar-refractivity contribution >= 4 is 37.5 Å². The number of ether oxygens (including phenoxy) is 1. The normalized spacial score (nSPS) is 12.0. The number of benzene rings is 1. The number of rotatable bonds is 6. The molecule has 0 spiro atoms. The summed E-state index contributed by atoms with van der Waals surface area (Å²) < 4.78 is 29.9. The number of hydrogen-bond acceptors (Lipinski definition) is 5. The number of carbonyl (C=O) groups excluding carboxylic acids is 2. The fourth-order valence-electron chi connectivity index (χ4n) is 1.50. The summed E-state index contributed by atoms with van der Waals surface area (Å²) >= 11 is 3.21. The van der Waals surface area contributed by atoms with Crippen molar-refractivity contribution in [3.05, 3.63) is 28.7 Å². The van der Waals surface area contributed by atoms with Gasteiger partial charge in [0.15, 0.2) is 15.6 Å². The summed E-state index contributed by atoms with van der Waals surface area (Å²) in [5.74, 6) is -2.15. The van der Waals surface area contributed by atoms with Crippen LogP contribution in [0.3, 0.4) is 0 Å². The van der Waals surface area contributed by atoms with Crippen LogP contribution in [0.2, 0.25) is 0 Å². The molecule has 0 aliphatic heterocycles.